The van der Waals surface area contributed by atoms with Gasteiger partial charge >= 0.3 is 0 Å². The number of benzene rings is 2. The van der Waals surface area contributed by atoms with Crippen LogP contribution in [0.25, 0.3) is 0 Å². The van der Waals surface area contributed by atoms with Crippen molar-refractivity contribution in [1.29, 1.82) is 5.26 Å². The minimum atomic E-state index is -0.695. The van der Waals surface area contributed by atoms with Crippen LogP contribution in [0.15, 0.2) is 54.9 Å². The summed E-state index contributed by atoms with van der Waals surface area (Å²) in [5, 5.41) is 24.3. The second-order valence-electron chi connectivity index (χ2n) is 8.41. The van der Waals surface area contributed by atoms with Crippen molar-refractivity contribution < 1.29 is 9.90 Å². The Kier molecular flexibility index (Phi) is 7.30. The third-order valence-electron chi connectivity index (χ3n) is 5.73. The lowest BCUT2D eigenvalue weighted by Crippen LogP contribution is -2.34. The van der Waals surface area contributed by atoms with E-state index in [1.807, 2.05) is 36.4 Å². The highest BCUT2D eigenvalue weighted by molar-refractivity contribution is 5.91. The maximum Gasteiger partial charge on any atom is 0.231 e. The van der Waals surface area contributed by atoms with E-state index in [9.17, 15) is 9.90 Å². The summed E-state index contributed by atoms with van der Waals surface area (Å²) in [5.41, 5.74) is 3.29. The van der Waals surface area contributed by atoms with E-state index in [0.29, 0.717) is 29.1 Å². The fraction of sp³-hybridized carbons (Fsp3) is 0.320. The van der Waals surface area contributed by atoms with Gasteiger partial charge in [0.05, 0.1) is 24.2 Å². The van der Waals surface area contributed by atoms with Gasteiger partial charge in [-0.2, -0.15) is 10.2 Å². The van der Waals surface area contributed by atoms with Gasteiger partial charge in [0, 0.05) is 24.5 Å². The summed E-state index contributed by atoms with van der Waals surface area (Å²) in [7, 11) is 0. The molecule has 1 aliphatic rings. The van der Waals surface area contributed by atoms with Gasteiger partial charge in [0.15, 0.2) is 0 Å². The third-order valence-corrected chi connectivity index (χ3v) is 5.73. The molecule has 0 spiro atoms. The summed E-state index contributed by atoms with van der Waals surface area (Å²) >= 11 is 0. The molecule has 9 heteroatoms. The lowest BCUT2D eigenvalue weighted by molar-refractivity contribution is -0.117. The Morgan fingerprint density at radius 3 is 2.62 bits per heavy atom. The number of aliphatic hydroxyl groups excluding tert-OH is 1. The van der Waals surface area contributed by atoms with Crippen LogP contribution in [0.4, 0.5) is 23.3 Å². The first-order chi connectivity index (χ1) is 16.5. The van der Waals surface area contributed by atoms with Crippen LogP contribution in [-0.2, 0) is 4.79 Å². The Morgan fingerprint density at radius 1 is 1.18 bits per heavy atom. The van der Waals surface area contributed by atoms with Crippen molar-refractivity contribution in [2.24, 2.45) is 0 Å². The predicted molar refractivity (Wildman–Crippen MR) is 130 cm³/mol. The molecule has 1 amide bonds. The van der Waals surface area contributed by atoms with E-state index in [1.165, 1.54) is 11.9 Å². The molecule has 0 saturated carbocycles. The normalized spacial score (nSPS) is 14.8. The smallest absolute Gasteiger partial charge is 0.231 e. The molecule has 1 fully saturated rings. The van der Waals surface area contributed by atoms with E-state index in [1.54, 1.807) is 19.1 Å². The summed E-state index contributed by atoms with van der Waals surface area (Å²) in [6, 6.07) is 17.2. The molecule has 1 atom stereocenters. The standard InChI is InChI=1S/C25H27N7O2/c1-17(33)13-23(34)29-21-3-2-4-22(14-21)30-24-27-16-28-25(31-24)32-11-9-20(10-12-32)19-7-5-18(15-26)6-8-19/h2-8,14,16-17,20,33H,9-13H2,1H3,(H,29,34)(H,27,28,30,31)/t17-/m1/s1. The molecular formula is C25H27N7O2. The average Bonchev–Trinajstić information content (AvgIpc) is 2.84. The van der Waals surface area contributed by atoms with E-state index >= 15 is 0 Å². The highest BCUT2D eigenvalue weighted by Gasteiger charge is 2.22. The van der Waals surface area contributed by atoms with Crippen LogP contribution >= 0.6 is 0 Å². The topological polar surface area (TPSA) is 127 Å². The van der Waals surface area contributed by atoms with Crippen molar-refractivity contribution in [3.05, 3.63) is 66.0 Å². The quantitative estimate of drug-likeness (QED) is 0.491. The van der Waals surface area contributed by atoms with Crippen LogP contribution in [0.5, 0.6) is 0 Å². The van der Waals surface area contributed by atoms with Crippen molar-refractivity contribution in [1.82, 2.24) is 15.0 Å². The zero-order chi connectivity index (χ0) is 23.9. The molecule has 0 aliphatic carbocycles. The fourth-order valence-corrected chi connectivity index (χ4v) is 4.03. The number of amides is 1. The zero-order valence-electron chi connectivity index (χ0n) is 19.0. The number of nitriles is 1. The molecule has 4 rings (SSSR count). The van der Waals surface area contributed by atoms with Gasteiger partial charge in [0.2, 0.25) is 17.8 Å². The molecule has 0 unspecified atom stereocenters. The molecule has 3 N–H and O–H groups in total. The fourth-order valence-electron chi connectivity index (χ4n) is 4.03. The molecule has 34 heavy (non-hydrogen) atoms. The van der Waals surface area contributed by atoms with Gasteiger partial charge in [0.1, 0.15) is 6.33 Å². The SMILES string of the molecule is C[C@@H](O)CC(=O)Nc1cccc(Nc2ncnc(N3CCC(c4ccc(C#N)cc4)CC3)n2)c1. The molecule has 1 saturated heterocycles. The minimum absolute atomic E-state index is 0.0380. The number of piperidine rings is 1. The number of aliphatic hydroxyl groups is 1. The molecule has 174 valence electrons. The summed E-state index contributed by atoms with van der Waals surface area (Å²) in [4.78, 5) is 27.2. The first-order valence-electron chi connectivity index (χ1n) is 11.3. The summed E-state index contributed by atoms with van der Waals surface area (Å²) < 4.78 is 0. The van der Waals surface area contributed by atoms with Gasteiger partial charge < -0.3 is 20.6 Å². The lowest BCUT2D eigenvalue weighted by Gasteiger charge is -2.32. The molecule has 1 aromatic heterocycles. The number of hydrogen-bond acceptors (Lipinski definition) is 8. The van der Waals surface area contributed by atoms with Crippen molar-refractivity contribution in [3.63, 3.8) is 0 Å². The number of nitrogens with one attached hydrogen (secondary N) is 2. The molecular weight excluding hydrogens is 430 g/mol. The van der Waals surface area contributed by atoms with Crippen LogP contribution in [0, 0.1) is 11.3 Å². The van der Waals surface area contributed by atoms with Gasteiger partial charge in [-0.15, -0.1) is 0 Å². The molecule has 2 aromatic carbocycles. The van der Waals surface area contributed by atoms with Crippen molar-refractivity contribution in [3.8, 4) is 6.07 Å². The highest BCUT2D eigenvalue weighted by atomic mass is 16.3. The largest absolute Gasteiger partial charge is 0.393 e. The van der Waals surface area contributed by atoms with Crippen LogP contribution in [0.2, 0.25) is 0 Å². The number of rotatable bonds is 7. The first kappa shape index (κ1) is 23.1. The number of carbonyl (C=O) groups is 1. The number of anilines is 4. The van der Waals surface area contributed by atoms with Gasteiger partial charge in [-0.3, -0.25) is 4.79 Å². The first-order valence-corrected chi connectivity index (χ1v) is 11.3. The van der Waals surface area contributed by atoms with Gasteiger partial charge in [-0.1, -0.05) is 18.2 Å². The maximum absolute atomic E-state index is 11.9. The summed E-state index contributed by atoms with van der Waals surface area (Å²) in [5.74, 6) is 1.25. The Labute approximate surface area is 198 Å². The molecule has 9 nitrogen and oxygen atoms in total. The van der Waals surface area contributed by atoms with Crippen molar-refractivity contribution >= 4 is 29.2 Å². The predicted octanol–water partition coefficient (Wildman–Crippen LogP) is 3.58. The third kappa shape index (κ3) is 6.05. The zero-order valence-corrected chi connectivity index (χ0v) is 19.0. The van der Waals surface area contributed by atoms with E-state index < -0.39 is 6.10 Å². The second kappa shape index (κ2) is 10.7. The monoisotopic (exact) mass is 457 g/mol. The Hall–Kier alpha value is -4.03. The van der Waals surface area contributed by atoms with E-state index in [2.05, 4.69) is 36.6 Å². The Morgan fingerprint density at radius 2 is 1.91 bits per heavy atom. The van der Waals surface area contributed by atoms with Crippen molar-refractivity contribution in [2.75, 3.05) is 28.6 Å². The number of carbonyl (C=O) groups excluding carboxylic acids is 1. The lowest BCUT2D eigenvalue weighted by atomic mass is 9.89. The van der Waals surface area contributed by atoms with Gasteiger partial charge in [-0.05, 0) is 61.6 Å². The number of aromatic nitrogens is 3. The molecule has 3 aromatic rings. The highest BCUT2D eigenvalue weighted by Crippen LogP contribution is 2.30. The molecule has 2 heterocycles. The van der Waals surface area contributed by atoms with E-state index in [4.69, 9.17) is 5.26 Å². The maximum atomic E-state index is 11.9. The average molecular weight is 458 g/mol. The summed E-state index contributed by atoms with van der Waals surface area (Å²) in [6.45, 7) is 3.24. The van der Waals surface area contributed by atoms with Crippen LogP contribution in [-0.4, -0.2) is 45.2 Å². The van der Waals surface area contributed by atoms with Crippen LogP contribution < -0.4 is 15.5 Å². The van der Waals surface area contributed by atoms with Crippen LogP contribution in [0.1, 0.15) is 43.2 Å². The van der Waals surface area contributed by atoms with E-state index in [-0.39, 0.29) is 12.3 Å². The van der Waals surface area contributed by atoms with Gasteiger partial charge in [0.25, 0.3) is 0 Å². The summed E-state index contributed by atoms with van der Waals surface area (Å²) in [6.07, 6.45) is 2.80. The molecule has 0 radical (unpaired) electrons. The Bertz CT molecular complexity index is 1170. The van der Waals surface area contributed by atoms with Crippen molar-refractivity contribution in [2.45, 2.75) is 38.2 Å². The molecule has 1 aliphatic heterocycles. The number of nitrogens with zero attached hydrogens (tertiary/aromatic N) is 5. The Balaban J connectivity index is 1.37. The van der Waals surface area contributed by atoms with Crippen LogP contribution in [0.3, 0.4) is 0 Å². The van der Waals surface area contributed by atoms with E-state index in [0.717, 1.165) is 31.6 Å². The molecule has 0 bridgehead atoms. The minimum Gasteiger partial charge on any atom is -0.393 e. The second-order valence-corrected chi connectivity index (χ2v) is 8.41. The number of hydrogen-bond donors (Lipinski definition) is 3. The van der Waals surface area contributed by atoms with Gasteiger partial charge in [-0.25, -0.2) is 9.97 Å².